The van der Waals surface area contributed by atoms with Gasteiger partial charge >= 0.3 is 0 Å². The lowest BCUT2D eigenvalue weighted by Gasteiger charge is -2.47. The zero-order valence-electron chi connectivity index (χ0n) is 14.2. The average Bonchev–Trinajstić information content (AvgIpc) is 2.66. The van der Waals surface area contributed by atoms with Gasteiger partial charge in [-0.2, -0.15) is 5.10 Å². The number of aryl methyl sites for hydroxylation is 2. The van der Waals surface area contributed by atoms with Crippen molar-refractivity contribution in [3.63, 3.8) is 0 Å². The standard InChI is InChI=1S/C16H29BrN4/c1-7-11(2)13-8-21(16(4,5)10-18-13)9-14-15(17)12(3)19-20(14)6/h11,13,18H,7-10H2,1-6H3. The van der Waals surface area contributed by atoms with Crippen LogP contribution in [0.5, 0.6) is 0 Å². The lowest BCUT2D eigenvalue weighted by atomic mass is 9.90. The van der Waals surface area contributed by atoms with Gasteiger partial charge in [0.05, 0.1) is 15.9 Å². The molecule has 0 radical (unpaired) electrons. The van der Waals surface area contributed by atoms with E-state index in [0.29, 0.717) is 12.0 Å². The summed E-state index contributed by atoms with van der Waals surface area (Å²) in [5, 5.41) is 8.26. The minimum atomic E-state index is 0.168. The van der Waals surface area contributed by atoms with E-state index in [0.717, 1.165) is 29.8 Å². The fraction of sp³-hybridized carbons (Fsp3) is 0.812. The van der Waals surface area contributed by atoms with Gasteiger partial charge in [0.1, 0.15) is 0 Å². The summed E-state index contributed by atoms with van der Waals surface area (Å²) in [4.78, 5) is 2.60. The Hall–Kier alpha value is -0.390. The van der Waals surface area contributed by atoms with E-state index in [9.17, 15) is 0 Å². The molecule has 1 aromatic rings. The second kappa shape index (κ2) is 6.39. The maximum absolute atomic E-state index is 4.52. The lowest BCUT2D eigenvalue weighted by molar-refractivity contribution is 0.0427. The van der Waals surface area contributed by atoms with Crippen molar-refractivity contribution in [3.05, 3.63) is 15.9 Å². The molecular formula is C16H29BrN4. The van der Waals surface area contributed by atoms with Gasteiger partial charge in [-0.15, -0.1) is 0 Å². The van der Waals surface area contributed by atoms with Crippen LogP contribution in [0.2, 0.25) is 0 Å². The highest BCUT2D eigenvalue weighted by Gasteiger charge is 2.36. The van der Waals surface area contributed by atoms with E-state index in [1.165, 1.54) is 12.1 Å². The third-order valence-corrected chi connectivity index (χ3v) is 6.03. The third kappa shape index (κ3) is 3.51. The van der Waals surface area contributed by atoms with Crippen LogP contribution in [-0.4, -0.2) is 39.4 Å². The van der Waals surface area contributed by atoms with Crippen molar-refractivity contribution in [3.8, 4) is 0 Å². The van der Waals surface area contributed by atoms with Gasteiger partial charge < -0.3 is 5.32 Å². The molecule has 1 fully saturated rings. The summed E-state index contributed by atoms with van der Waals surface area (Å²) in [6.45, 7) is 14.4. The van der Waals surface area contributed by atoms with E-state index >= 15 is 0 Å². The number of nitrogens with one attached hydrogen (secondary N) is 1. The van der Waals surface area contributed by atoms with E-state index in [-0.39, 0.29) is 5.54 Å². The van der Waals surface area contributed by atoms with Crippen LogP contribution < -0.4 is 5.32 Å². The Morgan fingerprint density at radius 1 is 1.48 bits per heavy atom. The van der Waals surface area contributed by atoms with Crippen LogP contribution in [0.4, 0.5) is 0 Å². The van der Waals surface area contributed by atoms with Gasteiger partial charge in [-0.3, -0.25) is 9.58 Å². The first kappa shape index (κ1) is 17.0. The Kier molecular flexibility index (Phi) is 5.16. The Morgan fingerprint density at radius 3 is 2.67 bits per heavy atom. The third-order valence-electron chi connectivity index (χ3n) is 5.00. The fourth-order valence-corrected chi connectivity index (χ4v) is 3.48. The maximum Gasteiger partial charge on any atom is 0.0739 e. The highest BCUT2D eigenvalue weighted by molar-refractivity contribution is 9.10. The minimum Gasteiger partial charge on any atom is -0.311 e. The summed E-state index contributed by atoms with van der Waals surface area (Å²) in [6.07, 6.45) is 1.22. The number of aromatic nitrogens is 2. The zero-order chi connectivity index (χ0) is 15.8. The topological polar surface area (TPSA) is 33.1 Å². The molecule has 0 saturated carbocycles. The van der Waals surface area contributed by atoms with Crippen LogP contribution in [0.15, 0.2) is 4.47 Å². The second-order valence-electron chi connectivity index (χ2n) is 7.04. The molecule has 1 N–H and O–H groups in total. The SMILES string of the molecule is CCC(C)C1CN(Cc2c(Br)c(C)nn2C)C(C)(C)CN1. The van der Waals surface area contributed by atoms with Gasteiger partial charge in [-0.1, -0.05) is 20.3 Å². The summed E-state index contributed by atoms with van der Waals surface area (Å²) < 4.78 is 3.16. The van der Waals surface area contributed by atoms with Gasteiger partial charge in [0.15, 0.2) is 0 Å². The zero-order valence-corrected chi connectivity index (χ0v) is 15.8. The minimum absolute atomic E-state index is 0.168. The van der Waals surface area contributed by atoms with E-state index in [1.54, 1.807) is 0 Å². The summed E-state index contributed by atoms with van der Waals surface area (Å²) in [7, 11) is 2.04. The highest BCUT2D eigenvalue weighted by atomic mass is 79.9. The van der Waals surface area contributed by atoms with Crippen molar-refractivity contribution in [2.24, 2.45) is 13.0 Å². The largest absolute Gasteiger partial charge is 0.311 e. The van der Waals surface area contributed by atoms with Crippen molar-refractivity contribution in [1.82, 2.24) is 20.0 Å². The van der Waals surface area contributed by atoms with Crippen LogP contribution >= 0.6 is 15.9 Å². The van der Waals surface area contributed by atoms with Gasteiger partial charge in [0.2, 0.25) is 0 Å². The molecule has 21 heavy (non-hydrogen) atoms. The number of hydrogen-bond donors (Lipinski definition) is 1. The smallest absolute Gasteiger partial charge is 0.0739 e. The van der Waals surface area contributed by atoms with E-state index in [2.05, 4.69) is 65.9 Å². The Labute approximate surface area is 137 Å². The van der Waals surface area contributed by atoms with E-state index in [4.69, 9.17) is 0 Å². The Balaban J connectivity index is 2.18. The van der Waals surface area contributed by atoms with Crippen LogP contribution in [0.25, 0.3) is 0 Å². The molecule has 2 atom stereocenters. The van der Waals surface area contributed by atoms with Gasteiger partial charge in [-0.25, -0.2) is 0 Å². The van der Waals surface area contributed by atoms with Crippen molar-refractivity contribution >= 4 is 15.9 Å². The highest BCUT2D eigenvalue weighted by Crippen LogP contribution is 2.28. The molecule has 0 spiro atoms. The fourth-order valence-electron chi connectivity index (χ4n) is 3.02. The summed E-state index contributed by atoms with van der Waals surface area (Å²) in [5.41, 5.74) is 2.51. The molecule has 1 aliphatic rings. The molecule has 0 aromatic carbocycles. The van der Waals surface area contributed by atoms with Crippen molar-refractivity contribution in [1.29, 1.82) is 0 Å². The number of halogens is 1. The van der Waals surface area contributed by atoms with Crippen molar-refractivity contribution in [2.45, 2.75) is 59.2 Å². The van der Waals surface area contributed by atoms with Gasteiger partial charge in [0.25, 0.3) is 0 Å². The number of nitrogens with zero attached hydrogens (tertiary/aromatic N) is 3. The van der Waals surface area contributed by atoms with Crippen molar-refractivity contribution < 1.29 is 0 Å². The molecule has 0 bridgehead atoms. The quantitative estimate of drug-likeness (QED) is 0.899. The second-order valence-corrected chi connectivity index (χ2v) is 7.83. The molecule has 1 aromatic heterocycles. The maximum atomic E-state index is 4.52. The molecule has 4 nitrogen and oxygen atoms in total. The number of piperazine rings is 1. The van der Waals surface area contributed by atoms with Crippen molar-refractivity contribution in [2.75, 3.05) is 13.1 Å². The normalized spacial score (nSPS) is 24.2. The van der Waals surface area contributed by atoms with Gasteiger partial charge in [0, 0.05) is 38.3 Å². The predicted molar refractivity (Wildman–Crippen MR) is 91.4 cm³/mol. The molecule has 2 rings (SSSR count). The first-order chi connectivity index (χ1) is 9.76. The summed E-state index contributed by atoms with van der Waals surface area (Å²) in [6, 6.07) is 0.580. The van der Waals surface area contributed by atoms with Crippen LogP contribution in [-0.2, 0) is 13.6 Å². The first-order valence-electron chi connectivity index (χ1n) is 7.92. The van der Waals surface area contributed by atoms with Gasteiger partial charge in [-0.05, 0) is 42.6 Å². The first-order valence-corrected chi connectivity index (χ1v) is 8.72. The predicted octanol–water partition coefficient (Wildman–Crippen LogP) is 3.09. The Morgan fingerprint density at radius 2 is 2.14 bits per heavy atom. The lowest BCUT2D eigenvalue weighted by Crippen LogP contribution is -2.63. The van der Waals surface area contributed by atoms with Crippen LogP contribution in [0.1, 0.15) is 45.5 Å². The number of hydrogen-bond acceptors (Lipinski definition) is 3. The number of rotatable bonds is 4. The molecule has 5 heteroatoms. The molecule has 1 saturated heterocycles. The molecular weight excluding hydrogens is 328 g/mol. The Bertz CT molecular complexity index is 495. The van der Waals surface area contributed by atoms with Crippen LogP contribution in [0.3, 0.4) is 0 Å². The monoisotopic (exact) mass is 356 g/mol. The molecule has 2 heterocycles. The molecule has 120 valence electrons. The molecule has 1 aliphatic heterocycles. The summed E-state index contributed by atoms with van der Waals surface area (Å²) >= 11 is 3.70. The van der Waals surface area contributed by atoms with E-state index in [1.807, 2.05) is 11.7 Å². The molecule has 0 aliphatic carbocycles. The summed E-state index contributed by atoms with van der Waals surface area (Å²) in [5.74, 6) is 0.709. The molecule has 2 unspecified atom stereocenters. The average molecular weight is 357 g/mol. The van der Waals surface area contributed by atoms with Crippen LogP contribution in [0, 0.1) is 12.8 Å². The molecule has 0 amide bonds. The van der Waals surface area contributed by atoms with E-state index < -0.39 is 0 Å².